The van der Waals surface area contributed by atoms with Crippen molar-refractivity contribution in [2.75, 3.05) is 30.9 Å². The van der Waals surface area contributed by atoms with E-state index in [1.807, 2.05) is 0 Å². The number of nitrogens with two attached hydrogens (primary N) is 3. The van der Waals surface area contributed by atoms with E-state index >= 15 is 0 Å². The molecule has 72 heavy (non-hydrogen) atoms. The van der Waals surface area contributed by atoms with Gasteiger partial charge in [-0.2, -0.15) is 24.4 Å². The molecule has 1 fully saturated rings. The van der Waals surface area contributed by atoms with Crippen molar-refractivity contribution in [3.63, 3.8) is 0 Å². The van der Waals surface area contributed by atoms with Gasteiger partial charge in [-0.05, 0) is 85.4 Å². The van der Waals surface area contributed by atoms with Crippen LogP contribution in [0.5, 0.6) is 11.5 Å². The van der Waals surface area contributed by atoms with E-state index in [2.05, 4.69) is 49.5 Å². The molecule has 1 heterocycles. The Balaban J connectivity index is 1.92. The summed E-state index contributed by atoms with van der Waals surface area (Å²) < 4.78 is 0. The molecule has 0 radical (unpaired) electrons. The van der Waals surface area contributed by atoms with Crippen LogP contribution >= 0.6 is 24.4 Å². The number of carbonyl (C=O) groups is 9. The fourth-order valence-electron chi connectivity index (χ4n) is 7.52. The number of phenols is 2. The number of hydrogen-bond acceptors (Lipinski definition) is 15. The SMILES string of the molecule is CSCC[C@H](NC(=O)[C@@H](N)CS)C(=O)N[C@H](C(=O)N[C@@H](CC(=O)O)C(=O)N[C@@H](Cc1ccc(O)cc1)C(=O)N1CCC[C@H]1C(=O)N[C@@H](Cc1ccc(O)cc1)C(=O)N[C@@H](CCCN=C(N)N)C(=O)O)C(C)C. The maximum atomic E-state index is 14.7. The first-order valence-electron chi connectivity index (χ1n) is 23.1. The average molecular weight is 1050 g/mol. The van der Waals surface area contributed by atoms with E-state index in [1.54, 1.807) is 20.1 Å². The van der Waals surface area contributed by atoms with Crippen molar-refractivity contribution in [2.24, 2.45) is 28.1 Å². The Hall–Kier alpha value is -6.80. The van der Waals surface area contributed by atoms with Gasteiger partial charge in [-0.25, -0.2) is 4.79 Å². The number of carboxylic acids is 2. The number of phenolic OH excluding ortho intramolecular Hbond substituents is 2. The number of nitrogens with one attached hydrogen (secondary N) is 6. The highest BCUT2D eigenvalue weighted by Crippen LogP contribution is 2.22. The summed E-state index contributed by atoms with van der Waals surface area (Å²) in [6.07, 6.45) is 1.06. The summed E-state index contributed by atoms with van der Waals surface area (Å²) in [5, 5.41) is 54.8. The highest BCUT2D eigenvalue weighted by atomic mass is 32.2. The number of rotatable bonds is 29. The smallest absolute Gasteiger partial charge is 0.326 e. The molecule has 1 aliphatic heterocycles. The zero-order valence-corrected chi connectivity index (χ0v) is 42.0. The number of thioether (sulfide) groups is 1. The molecule has 2 aromatic carbocycles. The van der Waals surface area contributed by atoms with Crippen LogP contribution in [0, 0.1) is 5.92 Å². The number of aliphatic carboxylic acids is 2. The second kappa shape index (κ2) is 29.5. The highest BCUT2D eigenvalue weighted by Gasteiger charge is 2.41. The number of benzene rings is 2. The van der Waals surface area contributed by atoms with Gasteiger partial charge in [0.1, 0.15) is 53.8 Å². The lowest BCUT2D eigenvalue weighted by Crippen LogP contribution is -2.61. The summed E-state index contributed by atoms with van der Waals surface area (Å²) >= 11 is 5.43. The molecule has 0 saturated carbocycles. The summed E-state index contributed by atoms with van der Waals surface area (Å²) in [5.41, 5.74) is 17.4. The van der Waals surface area contributed by atoms with Crippen molar-refractivity contribution in [3.05, 3.63) is 59.7 Å². The Bertz CT molecular complexity index is 2230. The fraction of sp³-hybridized carbons (Fsp3) is 0.522. The lowest BCUT2D eigenvalue weighted by molar-refractivity contribution is -0.144. The molecular weight excluding hydrogens is 979 g/mol. The van der Waals surface area contributed by atoms with E-state index in [1.165, 1.54) is 65.2 Å². The lowest BCUT2D eigenvalue weighted by Gasteiger charge is -2.31. The van der Waals surface area contributed by atoms with Crippen molar-refractivity contribution in [1.82, 2.24) is 36.8 Å². The molecule has 0 spiro atoms. The minimum atomic E-state index is -1.82. The first kappa shape index (κ1) is 59.5. The van der Waals surface area contributed by atoms with E-state index in [9.17, 15) is 63.6 Å². The molecule has 26 heteroatoms. The fourth-order valence-corrected chi connectivity index (χ4v) is 8.16. The molecule has 1 saturated heterocycles. The first-order chi connectivity index (χ1) is 34.0. The minimum absolute atomic E-state index is 0.00473. The Morgan fingerprint density at radius 1 is 0.722 bits per heavy atom. The van der Waals surface area contributed by atoms with Crippen LogP contribution < -0.4 is 49.1 Å². The van der Waals surface area contributed by atoms with Gasteiger partial charge in [0.2, 0.25) is 41.4 Å². The minimum Gasteiger partial charge on any atom is -0.508 e. The number of likely N-dealkylation sites (tertiary alicyclic amines) is 1. The molecule has 8 atom stereocenters. The zero-order valence-electron chi connectivity index (χ0n) is 40.2. The van der Waals surface area contributed by atoms with Crippen LogP contribution in [0.2, 0.25) is 0 Å². The van der Waals surface area contributed by atoms with E-state index in [0.29, 0.717) is 23.3 Å². The van der Waals surface area contributed by atoms with Gasteiger partial charge in [-0.3, -0.25) is 43.3 Å². The molecule has 0 unspecified atom stereocenters. The third-order valence-corrected chi connectivity index (χ3v) is 12.5. The number of thiol groups is 1. The third kappa shape index (κ3) is 19.4. The van der Waals surface area contributed by atoms with Crippen LogP contribution in [0.4, 0.5) is 0 Å². The number of amides is 7. The number of aliphatic imine (C=N–C) groups is 1. The molecule has 396 valence electrons. The maximum Gasteiger partial charge on any atom is 0.326 e. The van der Waals surface area contributed by atoms with Gasteiger partial charge in [0.05, 0.1) is 12.5 Å². The molecule has 16 N–H and O–H groups in total. The number of aromatic hydroxyl groups is 2. The van der Waals surface area contributed by atoms with Crippen LogP contribution in [-0.4, -0.2) is 164 Å². The lowest BCUT2D eigenvalue weighted by atomic mass is 10.0. The monoisotopic (exact) mass is 1050 g/mol. The van der Waals surface area contributed by atoms with Crippen LogP contribution in [0.1, 0.15) is 63.5 Å². The van der Waals surface area contributed by atoms with Gasteiger partial charge in [0.25, 0.3) is 0 Å². The Kier molecular flexibility index (Phi) is 24.4. The summed E-state index contributed by atoms with van der Waals surface area (Å²) in [6.45, 7) is 3.26. The molecule has 0 aliphatic carbocycles. The van der Waals surface area contributed by atoms with Gasteiger partial charge in [0.15, 0.2) is 5.96 Å². The van der Waals surface area contributed by atoms with Crippen molar-refractivity contribution >= 4 is 83.6 Å². The number of guanidine groups is 1. The average Bonchev–Trinajstić information content (AvgIpc) is 3.83. The maximum absolute atomic E-state index is 14.7. The third-order valence-electron chi connectivity index (χ3n) is 11.4. The molecule has 3 rings (SSSR count). The molecule has 0 aromatic heterocycles. The van der Waals surface area contributed by atoms with Crippen LogP contribution in [0.15, 0.2) is 53.5 Å². The van der Waals surface area contributed by atoms with E-state index in [-0.39, 0.29) is 74.8 Å². The van der Waals surface area contributed by atoms with E-state index in [0.717, 1.165) is 0 Å². The molecular formula is C46H67N11O13S2. The molecule has 1 aliphatic rings. The molecule has 2 aromatic rings. The summed E-state index contributed by atoms with van der Waals surface area (Å²) in [4.78, 5) is 126. The summed E-state index contributed by atoms with van der Waals surface area (Å²) in [5.74, 6) is -9.38. The number of carboxylic acid groups (broad SMARTS) is 2. The van der Waals surface area contributed by atoms with Gasteiger partial charge in [-0.15, -0.1) is 0 Å². The largest absolute Gasteiger partial charge is 0.508 e. The van der Waals surface area contributed by atoms with Gasteiger partial charge < -0.3 is 74.4 Å². The summed E-state index contributed by atoms with van der Waals surface area (Å²) in [7, 11) is 0. The van der Waals surface area contributed by atoms with E-state index in [4.69, 9.17) is 17.2 Å². The van der Waals surface area contributed by atoms with Gasteiger partial charge >= 0.3 is 11.9 Å². The second-order valence-electron chi connectivity index (χ2n) is 17.4. The standard InChI is InChI=1S/C46H67N11O13S2/c1-24(2)37(56-39(63)30(16-19-72-3)51-38(62)29(47)23-71)43(67)54-33(22-36(60)61)41(65)55-34(21-26-10-14-28(59)15-11-26)44(68)57-18-5-7-35(57)42(66)53-32(20-25-8-12-27(58)13-9-25)40(64)52-31(45(69)70)6-4-17-50-46(48)49/h8-15,24,29-35,37,58-59,71H,4-7,16-23,47H2,1-3H3,(H,51,62)(H,52,64)(H,53,66)(H,54,67)(H,55,65)(H,56,63)(H,60,61)(H,69,70)(H4,48,49,50)/t29-,30-,31-,32-,33-,34-,35-,37-/m0/s1. The van der Waals surface area contributed by atoms with Crippen molar-refractivity contribution in [2.45, 2.75) is 114 Å². The van der Waals surface area contributed by atoms with Gasteiger partial charge in [0, 0.05) is 31.7 Å². The topological polar surface area (TPSA) is 400 Å². The first-order valence-corrected chi connectivity index (χ1v) is 25.1. The Labute approximate surface area is 426 Å². The van der Waals surface area contributed by atoms with Crippen molar-refractivity contribution in [1.29, 1.82) is 0 Å². The van der Waals surface area contributed by atoms with Crippen molar-refractivity contribution in [3.8, 4) is 11.5 Å². The molecule has 7 amide bonds. The van der Waals surface area contributed by atoms with Crippen LogP contribution in [-0.2, 0) is 56.0 Å². The predicted octanol–water partition coefficient (Wildman–Crippen LogP) is -1.94. The Morgan fingerprint density at radius 2 is 1.25 bits per heavy atom. The normalized spacial score (nSPS) is 16.1. The quantitative estimate of drug-likeness (QED) is 0.0182. The van der Waals surface area contributed by atoms with Crippen LogP contribution in [0.25, 0.3) is 0 Å². The van der Waals surface area contributed by atoms with E-state index < -0.39 is 114 Å². The number of carbonyl (C=O) groups excluding carboxylic acids is 7. The second-order valence-corrected chi connectivity index (χ2v) is 18.8. The van der Waals surface area contributed by atoms with Gasteiger partial charge in [-0.1, -0.05) is 38.1 Å². The molecule has 0 bridgehead atoms. The van der Waals surface area contributed by atoms with Crippen molar-refractivity contribution < 1.29 is 63.6 Å². The zero-order chi connectivity index (χ0) is 53.7. The highest BCUT2D eigenvalue weighted by molar-refractivity contribution is 7.98. The molecule has 24 nitrogen and oxygen atoms in total. The summed E-state index contributed by atoms with van der Waals surface area (Å²) in [6, 6.07) is 0.481. The predicted molar refractivity (Wildman–Crippen MR) is 269 cm³/mol. The number of nitrogens with zero attached hydrogens (tertiary/aromatic N) is 2. The number of hydrogen-bond donors (Lipinski definition) is 14. The Morgan fingerprint density at radius 3 is 1.78 bits per heavy atom. The van der Waals surface area contributed by atoms with Crippen LogP contribution in [0.3, 0.4) is 0 Å².